The minimum atomic E-state index is 0.645. The fourth-order valence-corrected chi connectivity index (χ4v) is 3.89. The molecule has 0 aliphatic rings. The van der Waals surface area contributed by atoms with Gasteiger partial charge in [0, 0.05) is 35.9 Å². The van der Waals surface area contributed by atoms with E-state index in [4.69, 9.17) is 4.98 Å². The molecule has 6 rings (SSSR count). The molecule has 0 bridgehead atoms. The van der Waals surface area contributed by atoms with Gasteiger partial charge in [0.1, 0.15) is 11.2 Å². The molecule has 1 aromatic carbocycles. The number of hydrogen-bond donors (Lipinski definition) is 2. The molecule has 5 aromatic heterocycles. The molecule has 0 amide bonds. The molecule has 0 unspecified atom stereocenters. The molecule has 0 radical (unpaired) electrons. The first-order valence-electron chi connectivity index (χ1n) is 9.92. The fraction of sp³-hybridized carbons (Fsp3) is 0.0870. The third-order valence-corrected chi connectivity index (χ3v) is 5.48. The Morgan fingerprint density at radius 2 is 1.97 bits per heavy atom. The lowest BCUT2D eigenvalue weighted by Crippen LogP contribution is -1.91. The summed E-state index contributed by atoms with van der Waals surface area (Å²) in [6.45, 7) is 4.04. The summed E-state index contributed by atoms with van der Waals surface area (Å²) in [7, 11) is 0. The fourth-order valence-electron chi connectivity index (χ4n) is 3.89. The van der Waals surface area contributed by atoms with Crippen LogP contribution in [0.15, 0.2) is 61.4 Å². The molecule has 31 heavy (non-hydrogen) atoms. The average molecular weight is 406 g/mol. The van der Waals surface area contributed by atoms with Crippen molar-refractivity contribution in [2.75, 3.05) is 0 Å². The van der Waals surface area contributed by atoms with Gasteiger partial charge in [-0.05, 0) is 43.7 Å². The Labute approximate surface area is 177 Å². The van der Waals surface area contributed by atoms with Crippen LogP contribution in [0.4, 0.5) is 0 Å². The van der Waals surface area contributed by atoms with E-state index < -0.39 is 0 Å². The lowest BCUT2D eigenvalue weighted by atomic mass is 10.0. The standard InChI is InChI=1S/C23H18N8/c1-13-6-7-24-10-17(13)15-8-16-20(29-30-22(16)25-9-15)23-27-18-4-3-5-19(21(18)28-23)31-11-14(2)26-12-31/h3-12H,1-2H3,(H,27,28)(H,25,29,30). The smallest absolute Gasteiger partial charge is 0.181 e. The van der Waals surface area contributed by atoms with E-state index in [2.05, 4.69) is 43.1 Å². The number of rotatable bonds is 3. The molecule has 8 heteroatoms. The van der Waals surface area contributed by atoms with Gasteiger partial charge in [0.05, 0.1) is 28.6 Å². The van der Waals surface area contributed by atoms with Gasteiger partial charge in [-0.25, -0.2) is 15.0 Å². The SMILES string of the molecule is Cc1cn(-c2cccc3[nH]c(-c4[nH]nc5ncc(-c6cnccc6C)cc45)nc23)cn1. The molecule has 5 heterocycles. The van der Waals surface area contributed by atoms with Crippen molar-refractivity contribution in [1.82, 2.24) is 39.7 Å². The van der Waals surface area contributed by atoms with Gasteiger partial charge < -0.3 is 9.55 Å². The largest absolute Gasteiger partial charge is 0.337 e. The van der Waals surface area contributed by atoms with E-state index in [0.29, 0.717) is 11.5 Å². The van der Waals surface area contributed by atoms with Gasteiger partial charge in [0.25, 0.3) is 0 Å². The van der Waals surface area contributed by atoms with Crippen LogP contribution in [0.25, 0.3) is 50.4 Å². The zero-order chi connectivity index (χ0) is 20.9. The van der Waals surface area contributed by atoms with Crippen LogP contribution in [-0.2, 0) is 0 Å². The van der Waals surface area contributed by atoms with Gasteiger partial charge in [-0.15, -0.1) is 0 Å². The van der Waals surface area contributed by atoms with Crippen molar-refractivity contribution >= 4 is 22.1 Å². The van der Waals surface area contributed by atoms with Gasteiger partial charge in [-0.2, -0.15) is 5.10 Å². The Hall–Kier alpha value is -4.33. The minimum absolute atomic E-state index is 0.645. The van der Waals surface area contributed by atoms with Gasteiger partial charge in [0.15, 0.2) is 11.5 Å². The minimum Gasteiger partial charge on any atom is -0.337 e. The Bertz CT molecular complexity index is 1570. The van der Waals surface area contributed by atoms with Gasteiger partial charge >= 0.3 is 0 Å². The van der Waals surface area contributed by atoms with Crippen LogP contribution in [0.5, 0.6) is 0 Å². The van der Waals surface area contributed by atoms with Crippen molar-refractivity contribution < 1.29 is 0 Å². The van der Waals surface area contributed by atoms with Crippen LogP contribution < -0.4 is 0 Å². The van der Waals surface area contributed by atoms with Crippen LogP contribution in [0.2, 0.25) is 0 Å². The van der Waals surface area contributed by atoms with E-state index in [-0.39, 0.29) is 0 Å². The first-order valence-corrected chi connectivity index (χ1v) is 9.92. The number of aromatic amines is 2. The second kappa shape index (κ2) is 6.60. The van der Waals surface area contributed by atoms with Crippen LogP contribution in [-0.4, -0.2) is 39.7 Å². The zero-order valence-electron chi connectivity index (χ0n) is 17.0. The number of benzene rings is 1. The van der Waals surface area contributed by atoms with Crippen molar-refractivity contribution in [3.8, 4) is 28.3 Å². The summed E-state index contributed by atoms with van der Waals surface area (Å²) in [5, 5.41) is 8.39. The topological polar surface area (TPSA) is 101 Å². The molecular formula is C23H18N8. The average Bonchev–Trinajstić information content (AvgIpc) is 3.50. The summed E-state index contributed by atoms with van der Waals surface area (Å²) < 4.78 is 1.98. The molecule has 0 fully saturated rings. The van der Waals surface area contributed by atoms with Crippen molar-refractivity contribution in [2.45, 2.75) is 13.8 Å². The highest BCUT2D eigenvalue weighted by atomic mass is 15.2. The molecule has 0 spiro atoms. The van der Waals surface area contributed by atoms with Crippen molar-refractivity contribution in [3.05, 3.63) is 72.7 Å². The van der Waals surface area contributed by atoms with E-state index in [0.717, 1.165) is 50.2 Å². The number of imidazole rings is 2. The Morgan fingerprint density at radius 3 is 2.81 bits per heavy atom. The van der Waals surface area contributed by atoms with Crippen LogP contribution in [0.3, 0.4) is 0 Å². The highest BCUT2D eigenvalue weighted by molar-refractivity contribution is 5.94. The zero-order valence-corrected chi connectivity index (χ0v) is 17.0. The number of H-pyrrole nitrogens is 2. The maximum Gasteiger partial charge on any atom is 0.181 e. The predicted molar refractivity (Wildman–Crippen MR) is 119 cm³/mol. The molecule has 0 saturated heterocycles. The summed E-state index contributed by atoms with van der Waals surface area (Å²) in [5.74, 6) is 0.712. The Morgan fingerprint density at radius 1 is 1.03 bits per heavy atom. The lowest BCUT2D eigenvalue weighted by molar-refractivity contribution is 1.06. The molecule has 8 nitrogen and oxygen atoms in total. The quantitative estimate of drug-likeness (QED) is 0.455. The van der Waals surface area contributed by atoms with Crippen molar-refractivity contribution in [2.24, 2.45) is 0 Å². The number of hydrogen-bond acceptors (Lipinski definition) is 5. The summed E-state index contributed by atoms with van der Waals surface area (Å²) in [6.07, 6.45) is 9.27. The first-order chi connectivity index (χ1) is 15.2. The van der Waals surface area contributed by atoms with Gasteiger partial charge in [-0.1, -0.05) is 6.07 Å². The van der Waals surface area contributed by atoms with E-state index in [1.165, 1.54) is 0 Å². The normalized spacial score (nSPS) is 11.5. The highest BCUT2D eigenvalue weighted by Crippen LogP contribution is 2.31. The number of nitrogens with zero attached hydrogens (tertiary/aromatic N) is 6. The molecule has 0 aliphatic heterocycles. The molecule has 0 aliphatic carbocycles. The molecule has 2 N–H and O–H groups in total. The molecule has 0 atom stereocenters. The Balaban J connectivity index is 1.52. The molecule has 0 saturated carbocycles. The summed E-state index contributed by atoms with van der Waals surface area (Å²) in [4.78, 5) is 21.5. The number of pyridine rings is 2. The number of para-hydroxylation sites is 1. The first kappa shape index (κ1) is 17.5. The number of fused-ring (bicyclic) bond motifs is 2. The monoisotopic (exact) mass is 406 g/mol. The van der Waals surface area contributed by atoms with Crippen LogP contribution in [0.1, 0.15) is 11.3 Å². The third-order valence-electron chi connectivity index (χ3n) is 5.48. The second-order valence-electron chi connectivity index (χ2n) is 7.57. The maximum absolute atomic E-state index is 4.90. The summed E-state index contributed by atoms with van der Waals surface area (Å²) in [6, 6.07) is 10.1. The number of nitrogens with one attached hydrogen (secondary N) is 2. The van der Waals surface area contributed by atoms with Crippen LogP contribution in [0, 0.1) is 13.8 Å². The number of aryl methyl sites for hydroxylation is 2. The maximum atomic E-state index is 4.90. The number of aromatic nitrogens is 8. The third kappa shape index (κ3) is 2.80. The summed E-state index contributed by atoms with van der Waals surface area (Å²) >= 11 is 0. The van der Waals surface area contributed by atoms with E-state index in [9.17, 15) is 0 Å². The van der Waals surface area contributed by atoms with Crippen LogP contribution >= 0.6 is 0 Å². The molecule has 6 aromatic rings. The van der Waals surface area contributed by atoms with E-state index >= 15 is 0 Å². The van der Waals surface area contributed by atoms with Gasteiger partial charge in [-0.3, -0.25) is 10.1 Å². The van der Waals surface area contributed by atoms with Crippen molar-refractivity contribution in [1.29, 1.82) is 0 Å². The highest BCUT2D eigenvalue weighted by Gasteiger charge is 2.16. The molecular weight excluding hydrogens is 388 g/mol. The van der Waals surface area contributed by atoms with Gasteiger partial charge in [0.2, 0.25) is 0 Å². The second-order valence-corrected chi connectivity index (χ2v) is 7.57. The predicted octanol–water partition coefficient (Wildman–Crippen LogP) is 4.37. The molecule has 150 valence electrons. The van der Waals surface area contributed by atoms with E-state index in [1.54, 1.807) is 12.5 Å². The van der Waals surface area contributed by atoms with Crippen molar-refractivity contribution in [3.63, 3.8) is 0 Å². The summed E-state index contributed by atoms with van der Waals surface area (Å²) in [5.41, 5.74) is 8.36. The lowest BCUT2D eigenvalue weighted by Gasteiger charge is -2.04. The Kier molecular flexibility index (Phi) is 3.73. The van der Waals surface area contributed by atoms with E-state index in [1.807, 2.05) is 54.3 Å².